The molecular weight excluding hydrogens is 312 g/mol. The Morgan fingerprint density at radius 3 is 2.25 bits per heavy atom. The molecule has 0 heterocycles. The fourth-order valence-electron chi connectivity index (χ4n) is 6.09. The third-order valence-corrected chi connectivity index (χ3v) is 7.21. The molecule has 3 heteroatoms. The molecule has 5 rings (SSSR count). The first-order chi connectivity index (χ1) is 11.4. The van der Waals surface area contributed by atoms with Gasteiger partial charge in [-0.2, -0.15) is 0 Å². The van der Waals surface area contributed by atoms with Gasteiger partial charge >= 0.3 is 0 Å². The van der Waals surface area contributed by atoms with Gasteiger partial charge in [0.05, 0.1) is 0 Å². The van der Waals surface area contributed by atoms with Crippen LogP contribution in [0.5, 0.6) is 0 Å². The lowest BCUT2D eigenvalue weighted by atomic mass is 9.48. The van der Waals surface area contributed by atoms with Gasteiger partial charge in [0.2, 0.25) is 0 Å². The highest BCUT2D eigenvalue weighted by Gasteiger charge is 2.53. The van der Waals surface area contributed by atoms with Gasteiger partial charge in [0, 0.05) is 11.7 Å². The number of rotatable bonds is 3. The van der Waals surface area contributed by atoms with Crippen molar-refractivity contribution in [1.29, 1.82) is 0 Å². The highest BCUT2D eigenvalue weighted by atomic mass is 32.1. The lowest BCUT2D eigenvalue weighted by Gasteiger charge is -2.59. The molecule has 4 saturated carbocycles. The zero-order chi connectivity index (χ0) is 16.9. The second-order valence-corrected chi connectivity index (χ2v) is 9.33. The zero-order valence-electron chi connectivity index (χ0n) is 15.2. The van der Waals surface area contributed by atoms with E-state index in [9.17, 15) is 0 Å². The number of benzene rings is 1. The van der Waals surface area contributed by atoms with Crippen molar-refractivity contribution in [2.24, 2.45) is 23.2 Å². The molecule has 1 aromatic rings. The first-order valence-corrected chi connectivity index (χ1v) is 9.99. The molecular formula is C21H30N2S. The van der Waals surface area contributed by atoms with Gasteiger partial charge in [0.15, 0.2) is 5.11 Å². The molecule has 0 saturated heterocycles. The van der Waals surface area contributed by atoms with Gasteiger partial charge in [0.1, 0.15) is 0 Å². The van der Waals surface area contributed by atoms with Crippen LogP contribution in [0, 0.1) is 37.0 Å². The molecule has 0 unspecified atom stereocenters. The van der Waals surface area contributed by atoms with Crippen molar-refractivity contribution in [3.8, 4) is 0 Å². The Labute approximate surface area is 151 Å². The monoisotopic (exact) mass is 342 g/mol. The Bertz CT molecular complexity index is 616. The summed E-state index contributed by atoms with van der Waals surface area (Å²) < 4.78 is 0. The van der Waals surface area contributed by atoms with E-state index in [0.717, 1.165) is 28.6 Å². The van der Waals surface area contributed by atoms with Crippen LogP contribution in [0.1, 0.15) is 56.6 Å². The first kappa shape index (κ1) is 16.4. The molecule has 0 spiro atoms. The Hall–Kier alpha value is -1.09. The highest BCUT2D eigenvalue weighted by Crippen LogP contribution is 2.61. The summed E-state index contributed by atoms with van der Waals surface area (Å²) in [6.45, 7) is 6.62. The van der Waals surface area contributed by atoms with Crippen LogP contribution in [0.2, 0.25) is 0 Å². The summed E-state index contributed by atoms with van der Waals surface area (Å²) >= 11 is 5.65. The van der Waals surface area contributed by atoms with Gasteiger partial charge < -0.3 is 10.6 Å². The molecule has 4 bridgehead atoms. The van der Waals surface area contributed by atoms with Crippen LogP contribution in [0.4, 0.5) is 5.69 Å². The lowest BCUT2D eigenvalue weighted by molar-refractivity contribution is -0.0671. The standard InChI is InChI=1S/C21H30N2S/c1-13-4-5-14(2)19(6-13)23-20(24)22-15(3)21-10-16-7-17(11-21)9-18(8-16)12-21/h4-6,15-18H,7-12H2,1-3H3,(H2,22,23,24)/t15-,16?,17?,18?,21?/m0/s1. The molecule has 0 amide bonds. The summed E-state index contributed by atoms with van der Waals surface area (Å²) in [4.78, 5) is 0. The fraction of sp³-hybridized carbons (Fsp3) is 0.667. The molecule has 0 radical (unpaired) electrons. The molecule has 4 aliphatic carbocycles. The van der Waals surface area contributed by atoms with E-state index in [-0.39, 0.29) is 0 Å². The fourth-order valence-corrected chi connectivity index (χ4v) is 6.37. The van der Waals surface area contributed by atoms with E-state index in [1.807, 2.05) is 0 Å². The van der Waals surface area contributed by atoms with Crippen molar-refractivity contribution in [2.75, 3.05) is 5.32 Å². The highest BCUT2D eigenvalue weighted by molar-refractivity contribution is 7.80. The summed E-state index contributed by atoms with van der Waals surface area (Å²) in [5.41, 5.74) is 4.12. The molecule has 2 N–H and O–H groups in total. The van der Waals surface area contributed by atoms with Crippen molar-refractivity contribution in [1.82, 2.24) is 5.32 Å². The van der Waals surface area contributed by atoms with Crippen LogP contribution in [0.25, 0.3) is 0 Å². The number of hydrogen-bond acceptors (Lipinski definition) is 1. The second-order valence-electron chi connectivity index (χ2n) is 8.92. The van der Waals surface area contributed by atoms with Crippen LogP contribution in [0.3, 0.4) is 0 Å². The smallest absolute Gasteiger partial charge is 0.171 e. The molecule has 24 heavy (non-hydrogen) atoms. The Kier molecular flexibility index (Phi) is 4.11. The number of anilines is 1. The largest absolute Gasteiger partial charge is 0.359 e. The third kappa shape index (κ3) is 2.96. The summed E-state index contributed by atoms with van der Waals surface area (Å²) in [7, 11) is 0. The predicted molar refractivity (Wildman–Crippen MR) is 105 cm³/mol. The Morgan fingerprint density at radius 1 is 1.08 bits per heavy atom. The maximum atomic E-state index is 5.65. The number of aryl methyl sites for hydroxylation is 2. The van der Waals surface area contributed by atoms with Crippen LogP contribution in [-0.4, -0.2) is 11.2 Å². The average molecular weight is 343 g/mol. The second kappa shape index (κ2) is 6.01. The summed E-state index contributed by atoms with van der Waals surface area (Å²) in [5, 5.41) is 7.87. The summed E-state index contributed by atoms with van der Waals surface area (Å²) in [5.74, 6) is 2.96. The van der Waals surface area contributed by atoms with E-state index >= 15 is 0 Å². The third-order valence-electron chi connectivity index (χ3n) is 6.99. The van der Waals surface area contributed by atoms with Gasteiger partial charge in [-0.3, -0.25) is 0 Å². The van der Waals surface area contributed by atoms with E-state index in [0.29, 0.717) is 11.5 Å². The quantitative estimate of drug-likeness (QED) is 0.739. The van der Waals surface area contributed by atoms with E-state index < -0.39 is 0 Å². The van der Waals surface area contributed by atoms with E-state index in [1.165, 1.54) is 49.7 Å². The molecule has 130 valence electrons. The maximum Gasteiger partial charge on any atom is 0.171 e. The van der Waals surface area contributed by atoms with E-state index in [4.69, 9.17) is 12.2 Å². The van der Waals surface area contributed by atoms with Crippen molar-refractivity contribution in [3.05, 3.63) is 29.3 Å². The predicted octanol–water partition coefficient (Wildman–Crippen LogP) is 5.19. The SMILES string of the molecule is Cc1ccc(C)c(NC(=S)N[C@@H](C)C23CC4CC(CC(C4)C2)C3)c1. The average Bonchev–Trinajstić information content (AvgIpc) is 2.49. The van der Waals surface area contributed by atoms with Crippen LogP contribution < -0.4 is 10.6 Å². The lowest BCUT2D eigenvalue weighted by Crippen LogP contribution is -2.56. The minimum absolute atomic E-state index is 0.469. The molecule has 2 nitrogen and oxygen atoms in total. The van der Waals surface area contributed by atoms with Crippen molar-refractivity contribution >= 4 is 23.0 Å². The number of nitrogens with one attached hydrogen (secondary N) is 2. The van der Waals surface area contributed by atoms with Crippen LogP contribution >= 0.6 is 12.2 Å². The van der Waals surface area contributed by atoms with Crippen LogP contribution in [-0.2, 0) is 0 Å². The summed E-state index contributed by atoms with van der Waals surface area (Å²) in [6, 6.07) is 6.95. The topological polar surface area (TPSA) is 24.1 Å². The van der Waals surface area contributed by atoms with Gasteiger partial charge in [-0.05, 0) is 112 Å². The van der Waals surface area contributed by atoms with Crippen molar-refractivity contribution in [3.63, 3.8) is 0 Å². The van der Waals surface area contributed by atoms with Gasteiger partial charge in [-0.25, -0.2) is 0 Å². The molecule has 4 aliphatic rings. The van der Waals surface area contributed by atoms with Crippen molar-refractivity contribution < 1.29 is 0 Å². The zero-order valence-corrected chi connectivity index (χ0v) is 16.0. The van der Waals surface area contributed by atoms with E-state index in [2.05, 4.69) is 49.6 Å². The molecule has 0 aromatic heterocycles. The maximum absolute atomic E-state index is 5.65. The van der Waals surface area contributed by atoms with Gasteiger partial charge in [-0.1, -0.05) is 12.1 Å². The van der Waals surface area contributed by atoms with E-state index in [1.54, 1.807) is 0 Å². The normalized spacial score (nSPS) is 34.9. The van der Waals surface area contributed by atoms with Crippen molar-refractivity contribution in [2.45, 2.75) is 65.3 Å². The molecule has 1 aromatic carbocycles. The van der Waals surface area contributed by atoms with Gasteiger partial charge in [0.25, 0.3) is 0 Å². The summed E-state index contributed by atoms with van der Waals surface area (Å²) in [6.07, 6.45) is 8.74. The minimum atomic E-state index is 0.469. The van der Waals surface area contributed by atoms with Gasteiger partial charge in [-0.15, -0.1) is 0 Å². The number of hydrogen-bond donors (Lipinski definition) is 2. The Morgan fingerprint density at radius 2 is 1.67 bits per heavy atom. The molecule has 4 fully saturated rings. The number of thiocarbonyl (C=S) groups is 1. The minimum Gasteiger partial charge on any atom is -0.359 e. The molecule has 1 atom stereocenters. The first-order valence-electron chi connectivity index (χ1n) is 9.58. The van der Waals surface area contributed by atoms with Crippen LogP contribution in [0.15, 0.2) is 18.2 Å². The molecule has 0 aliphatic heterocycles. The Balaban J connectivity index is 1.43.